The lowest BCUT2D eigenvalue weighted by atomic mass is 9.91. The summed E-state index contributed by atoms with van der Waals surface area (Å²) in [5.41, 5.74) is 10.9. The highest BCUT2D eigenvalue weighted by Gasteiger charge is 2.39. The minimum atomic E-state index is -0.264. The van der Waals surface area contributed by atoms with Gasteiger partial charge in [-0.25, -0.2) is 15.0 Å². The van der Waals surface area contributed by atoms with Crippen LogP contribution < -0.4 is 10.6 Å². The molecule has 2 saturated heterocycles. The van der Waals surface area contributed by atoms with E-state index >= 15 is 0 Å². The molecule has 7 heteroatoms. The van der Waals surface area contributed by atoms with E-state index in [2.05, 4.69) is 42.7 Å². The van der Waals surface area contributed by atoms with E-state index in [9.17, 15) is 0 Å². The molecule has 152 valence electrons. The van der Waals surface area contributed by atoms with Gasteiger partial charge in [0.05, 0.1) is 16.7 Å². The van der Waals surface area contributed by atoms with Crippen molar-refractivity contribution in [3.8, 4) is 11.1 Å². The van der Waals surface area contributed by atoms with Gasteiger partial charge in [0.1, 0.15) is 12.0 Å². The average Bonchev–Trinajstić information content (AvgIpc) is 3.19. The summed E-state index contributed by atoms with van der Waals surface area (Å²) < 4.78 is 0. The maximum atomic E-state index is 7.02. The van der Waals surface area contributed by atoms with Crippen molar-refractivity contribution in [1.82, 2.24) is 24.8 Å². The number of fused-ring (bicyclic) bond motifs is 1. The highest BCUT2D eigenvalue weighted by atomic mass is 15.3. The topological polar surface area (TPSA) is 87.0 Å². The highest BCUT2D eigenvalue weighted by molar-refractivity contribution is 6.02. The van der Waals surface area contributed by atoms with Gasteiger partial charge in [-0.1, -0.05) is 6.92 Å². The molecule has 29 heavy (non-hydrogen) atoms. The summed E-state index contributed by atoms with van der Waals surface area (Å²) in [6.07, 6.45) is 13.8. The molecule has 5 heterocycles. The second-order valence-corrected chi connectivity index (χ2v) is 8.68. The van der Waals surface area contributed by atoms with Gasteiger partial charge < -0.3 is 15.6 Å². The van der Waals surface area contributed by atoms with Crippen LogP contribution in [0.25, 0.3) is 22.2 Å². The summed E-state index contributed by atoms with van der Waals surface area (Å²) in [7, 11) is 0. The molecule has 0 amide bonds. The zero-order valence-corrected chi connectivity index (χ0v) is 17.0. The number of nitrogens with one attached hydrogen (secondary N) is 1. The van der Waals surface area contributed by atoms with Crippen LogP contribution in [0.4, 0.5) is 5.69 Å². The Hall–Kier alpha value is -2.51. The first-order chi connectivity index (χ1) is 14.1. The maximum Gasteiger partial charge on any atom is 0.139 e. The minimum Gasteiger partial charge on any atom is -0.368 e. The smallest absolute Gasteiger partial charge is 0.139 e. The van der Waals surface area contributed by atoms with E-state index in [0.717, 1.165) is 67.1 Å². The molecule has 0 aliphatic carbocycles. The third-order valence-corrected chi connectivity index (χ3v) is 6.68. The van der Waals surface area contributed by atoms with Crippen LogP contribution in [-0.4, -0.2) is 56.7 Å². The number of anilines is 1. The third-order valence-electron chi connectivity index (χ3n) is 6.68. The van der Waals surface area contributed by atoms with Gasteiger partial charge in [0, 0.05) is 62.1 Å². The molecule has 3 aromatic rings. The van der Waals surface area contributed by atoms with Crippen molar-refractivity contribution < 1.29 is 0 Å². The first-order valence-corrected chi connectivity index (χ1v) is 10.6. The Balaban J connectivity index is 1.50. The minimum absolute atomic E-state index is 0.264. The lowest BCUT2D eigenvalue weighted by molar-refractivity contribution is 0.0443. The van der Waals surface area contributed by atoms with Gasteiger partial charge in [-0.3, -0.25) is 4.90 Å². The predicted octanol–water partition coefficient (Wildman–Crippen LogP) is 3.01. The maximum absolute atomic E-state index is 7.02. The van der Waals surface area contributed by atoms with Crippen LogP contribution in [0.5, 0.6) is 0 Å². The van der Waals surface area contributed by atoms with Gasteiger partial charge in [-0.15, -0.1) is 0 Å². The first kappa shape index (κ1) is 18.5. The lowest BCUT2D eigenvalue weighted by Gasteiger charge is -2.50. The predicted molar refractivity (Wildman–Crippen MR) is 115 cm³/mol. The fourth-order valence-corrected chi connectivity index (χ4v) is 4.95. The standard InChI is InChI=1S/C22H29N7/c1-16-4-9-29(10-5-16)22(23)6-2-8-28(14-22)19-3-7-26-21-20(19)18(13-27-21)17-11-24-15-25-12-17/h3,7,11-13,15-16H,2,4-6,8-10,14,23H2,1H3,(H,26,27)/t22-/m0/s1. The highest BCUT2D eigenvalue weighted by Crippen LogP contribution is 2.37. The normalized spacial score (nSPS) is 24.3. The third kappa shape index (κ3) is 3.38. The zero-order valence-electron chi connectivity index (χ0n) is 17.0. The number of hydrogen-bond donors (Lipinski definition) is 2. The molecule has 0 aromatic carbocycles. The molecule has 2 fully saturated rings. The van der Waals surface area contributed by atoms with Gasteiger partial charge >= 0.3 is 0 Å². The molecule has 5 rings (SSSR count). The second kappa shape index (κ2) is 7.39. The number of aromatic amines is 1. The van der Waals surface area contributed by atoms with Gasteiger partial charge in [0.25, 0.3) is 0 Å². The average molecular weight is 392 g/mol. The number of hydrogen-bond acceptors (Lipinski definition) is 6. The van der Waals surface area contributed by atoms with E-state index in [1.54, 1.807) is 6.33 Å². The number of likely N-dealkylation sites (tertiary alicyclic amines) is 1. The molecule has 0 saturated carbocycles. The summed E-state index contributed by atoms with van der Waals surface area (Å²) in [4.78, 5) is 21.2. The number of nitrogens with zero attached hydrogens (tertiary/aromatic N) is 5. The van der Waals surface area contributed by atoms with Crippen molar-refractivity contribution in [2.75, 3.05) is 31.1 Å². The largest absolute Gasteiger partial charge is 0.368 e. The molecular formula is C22H29N7. The Morgan fingerprint density at radius 1 is 1.17 bits per heavy atom. The van der Waals surface area contributed by atoms with Crippen LogP contribution in [0.2, 0.25) is 0 Å². The number of rotatable bonds is 3. The van der Waals surface area contributed by atoms with Crippen LogP contribution in [0, 0.1) is 5.92 Å². The van der Waals surface area contributed by atoms with E-state index in [-0.39, 0.29) is 5.66 Å². The van der Waals surface area contributed by atoms with Crippen LogP contribution in [0.3, 0.4) is 0 Å². The summed E-state index contributed by atoms with van der Waals surface area (Å²) in [6.45, 7) is 6.42. The SMILES string of the molecule is CC1CCN([C@@]2(N)CCCN(c3ccnc4[nH]cc(-c5cncnc5)c34)C2)CC1. The van der Waals surface area contributed by atoms with Gasteiger partial charge in [0.2, 0.25) is 0 Å². The Kier molecular flexibility index (Phi) is 4.72. The van der Waals surface area contributed by atoms with Crippen LogP contribution in [-0.2, 0) is 0 Å². The molecule has 2 aliphatic rings. The molecule has 0 bridgehead atoms. The van der Waals surface area contributed by atoms with Crippen LogP contribution in [0.15, 0.2) is 37.2 Å². The Labute approximate surface area is 171 Å². The summed E-state index contributed by atoms with van der Waals surface area (Å²) >= 11 is 0. The van der Waals surface area contributed by atoms with Crippen molar-refractivity contribution in [2.45, 2.75) is 38.3 Å². The molecular weight excluding hydrogens is 362 g/mol. The number of aromatic nitrogens is 4. The number of piperidine rings is 2. The lowest BCUT2D eigenvalue weighted by Crippen LogP contribution is -2.66. The fraction of sp³-hybridized carbons (Fsp3) is 0.500. The molecule has 2 aliphatic heterocycles. The monoisotopic (exact) mass is 391 g/mol. The van der Waals surface area contributed by atoms with Gasteiger partial charge in [-0.2, -0.15) is 0 Å². The van der Waals surface area contributed by atoms with Crippen molar-refractivity contribution in [3.63, 3.8) is 0 Å². The Bertz CT molecular complexity index is 977. The Morgan fingerprint density at radius 2 is 1.97 bits per heavy atom. The quantitative estimate of drug-likeness (QED) is 0.714. The van der Waals surface area contributed by atoms with E-state index in [1.165, 1.54) is 18.5 Å². The van der Waals surface area contributed by atoms with Crippen molar-refractivity contribution >= 4 is 16.7 Å². The molecule has 1 atom stereocenters. The van der Waals surface area contributed by atoms with Crippen LogP contribution in [0.1, 0.15) is 32.6 Å². The zero-order chi connectivity index (χ0) is 19.8. The van der Waals surface area contributed by atoms with E-state index in [4.69, 9.17) is 5.73 Å². The number of pyridine rings is 1. The Morgan fingerprint density at radius 3 is 2.76 bits per heavy atom. The van der Waals surface area contributed by atoms with Gasteiger partial charge in [0.15, 0.2) is 0 Å². The molecule has 0 unspecified atom stereocenters. The summed E-state index contributed by atoms with van der Waals surface area (Å²) in [6, 6.07) is 2.12. The fourth-order valence-electron chi connectivity index (χ4n) is 4.95. The molecule has 0 spiro atoms. The van der Waals surface area contributed by atoms with E-state index in [1.807, 2.05) is 24.8 Å². The molecule has 7 nitrogen and oxygen atoms in total. The van der Waals surface area contributed by atoms with E-state index < -0.39 is 0 Å². The first-order valence-electron chi connectivity index (χ1n) is 10.6. The van der Waals surface area contributed by atoms with E-state index in [0.29, 0.717) is 0 Å². The molecule has 3 aromatic heterocycles. The van der Waals surface area contributed by atoms with Crippen molar-refractivity contribution in [3.05, 3.63) is 37.2 Å². The molecule has 0 radical (unpaired) electrons. The van der Waals surface area contributed by atoms with Crippen LogP contribution >= 0.6 is 0 Å². The van der Waals surface area contributed by atoms with Crippen molar-refractivity contribution in [1.29, 1.82) is 0 Å². The number of nitrogens with two attached hydrogens (primary N) is 1. The second-order valence-electron chi connectivity index (χ2n) is 8.68. The van der Waals surface area contributed by atoms with Gasteiger partial charge in [-0.05, 0) is 37.7 Å². The summed E-state index contributed by atoms with van der Waals surface area (Å²) in [5, 5.41) is 1.12. The van der Waals surface area contributed by atoms with Crippen molar-refractivity contribution in [2.24, 2.45) is 11.7 Å². The summed E-state index contributed by atoms with van der Waals surface area (Å²) in [5.74, 6) is 0.810. The molecule has 3 N–H and O–H groups in total. The number of H-pyrrole nitrogens is 1.